The fraction of sp³-hybridized carbons (Fsp3) is 0.188. The molecule has 188 valence electrons. The third kappa shape index (κ3) is 5.47. The molecule has 4 aromatic rings. The summed E-state index contributed by atoms with van der Waals surface area (Å²) in [5, 5.41) is 13.3. The molecule has 0 aliphatic heterocycles. The van der Waals surface area contributed by atoms with Crippen LogP contribution in [-0.2, 0) is 10.4 Å². The van der Waals surface area contributed by atoms with Gasteiger partial charge in [0.05, 0.1) is 6.04 Å². The molecule has 0 aliphatic rings. The number of carbonyl (C=O) groups excluding carboxylic acids is 2. The van der Waals surface area contributed by atoms with Gasteiger partial charge in [-0.2, -0.15) is 0 Å². The van der Waals surface area contributed by atoms with Crippen molar-refractivity contribution in [3.05, 3.63) is 142 Å². The van der Waals surface area contributed by atoms with Gasteiger partial charge < -0.3 is 5.11 Å². The molecule has 2 amide bonds. The van der Waals surface area contributed by atoms with E-state index in [1.54, 1.807) is 48.5 Å². The highest BCUT2D eigenvalue weighted by Gasteiger charge is 2.42. The lowest BCUT2D eigenvalue weighted by Gasteiger charge is -2.35. The van der Waals surface area contributed by atoms with Crippen LogP contribution in [-0.4, -0.2) is 21.9 Å². The molecule has 4 rings (SSSR count). The zero-order valence-corrected chi connectivity index (χ0v) is 21.6. The van der Waals surface area contributed by atoms with Crippen LogP contribution in [0.5, 0.6) is 0 Å². The van der Waals surface area contributed by atoms with Crippen molar-refractivity contribution < 1.29 is 14.7 Å². The molecule has 0 heterocycles. The molecule has 0 fully saturated rings. The molecule has 1 atom stereocenters. The summed E-state index contributed by atoms with van der Waals surface area (Å²) in [6.07, 6.45) is 0. The molecule has 0 bridgehead atoms. The summed E-state index contributed by atoms with van der Waals surface area (Å²) >= 11 is 0. The van der Waals surface area contributed by atoms with Crippen LogP contribution in [0.3, 0.4) is 0 Å². The number of hydrazine groups is 1. The maximum absolute atomic E-state index is 14.0. The minimum Gasteiger partial charge on any atom is -0.372 e. The predicted octanol–water partition coefficient (Wildman–Crippen LogP) is 5.78. The second kappa shape index (κ2) is 10.8. The molecule has 0 radical (unpaired) electrons. The standard InChI is InChI=1S/C32H32N2O3/c1-22-10-16-26(17-11-22)25(4)34(30(35)27-8-6-5-7-9-27)33-31(36)32(37,28-18-12-23(2)13-19-28)29-20-14-24(3)15-21-29/h5-21,25,37H,1-4H3,(H,33,36). The van der Waals surface area contributed by atoms with E-state index in [4.69, 9.17) is 0 Å². The number of hydrogen-bond donors (Lipinski definition) is 2. The fourth-order valence-electron chi connectivity index (χ4n) is 4.25. The number of benzene rings is 4. The number of rotatable bonds is 6. The second-order valence-corrected chi connectivity index (χ2v) is 9.51. The summed E-state index contributed by atoms with van der Waals surface area (Å²) < 4.78 is 0. The van der Waals surface area contributed by atoms with Gasteiger partial charge in [0.15, 0.2) is 5.60 Å². The second-order valence-electron chi connectivity index (χ2n) is 9.51. The van der Waals surface area contributed by atoms with Crippen LogP contribution in [0.1, 0.15) is 56.7 Å². The van der Waals surface area contributed by atoms with Crippen molar-refractivity contribution in [1.29, 1.82) is 0 Å². The van der Waals surface area contributed by atoms with Crippen molar-refractivity contribution >= 4 is 11.8 Å². The maximum Gasteiger partial charge on any atom is 0.279 e. The zero-order chi connectivity index (χ0) is 26.6. The van der Waals surface area contributed by atoms with Gasteiger partial charge in [-0.15, -0.1) is 0 Å². The first-order chi connectivity index (χ1) is 17.7. The Labute approximate surface area is 218 Å². The Hall–Kier alpha value is -4.22. The number of hydrogen-bond acceptors (Lipinski definition) is 3. The van der Waals surface area contributed by atoms with E-state index in [0.717, 1.165) is 22.3 Å². The van der Waals surface area contributed by atoms with E-state index in [-0.39, 0.29) is 5.91 Å². The monoisotopic (exact) mass is 492 g/mol. The lowest BCUT2D eigenvalue weighted by Crippen LogP contribution is -2.55. The summed E-state index contributed by atoms with van der Waals surface area (Å²) in [6.45, 7) is 7.73. The van der Waals surface area contributed by atoms with Crippen molar-refractivity contribution in [2.75, 3.05) is 0 Å². The van der Waals surface area contributed by atoms with Gasteiger partial charge in [0.2, 0.25) is 0 Å². The van der Waals surface area contributed by atoms with E-state index in [9.17, 15) is 14.7 Å². The Bertz CT molecular complexity index is 1320. The molecule has 5 heteroatoms. The molecule has 0 aliphatic carbocycles. The first-order valence-corrected chi connectivity index (χ1v) is 12.3. The molecule has 0 saturated heterocycles. The first kappa shape index (κ1) is 25.9. The zero-order valence-electron chi connectivity index (χ0n) is 21.6. The van der Waals surface area contributed by atoms with Crippen LogP contribution in [0.15, 0.2) is 103 Å². The quantitative estimate of drug-likeness (QED) is 0.335. The van der Waals surface area contributed by atoms with Crippen LogP contribution in [0.2, 0.25) is 0 Å². The minimum absolute atomic E-state index is 0.378. The third-order valence-electron chi connectivity index (χ3n) is 6.68. The van der Waals surface area contributed by atoms with E-state index < -0.39 is 17.6 Å². The summed E-state index contributed by atoms with van der Waals surface area (Å²) in [5.74, 6) is -1.10. The van der Waals surface area contributed by atoms with Crippen molar-refractivity contribution in [3.8, 4) is 0 Å². The number of aryl methyl sites for hydroxylation is 3. The Kier molecular flexibility index (Phi) is 7.55. The van der Waals surface area contributed by atoms with E-state index >= 15 is 0 Å². The Morgan fingerprint density at radius 1 is 0.703 bits per heavy atom. The highest BCUT2D eigenvalue weighted by molar-refractivity contribution is 5.97. The molecule has 4 aromatic carbocycles. The van der Waals surface area contributed by atoms with Gasteiger partial charge in [-0.3, -0.25) is 15.0 Å². The fourth-order valence-corrected chi connectivity index (χ4v) is 4.25. The lowest BCUT2D eigenvalue weighted by molar-refractivity contribution is -0.141. The molecule has 37 heavy (non-hydrogen) atoms. The Morgan fingerprint density at radius 2 is 1.14 bits per heavy atom. The van der Waals surface area contributed by atoms with Crippen LogP contribution in [0, 0.1) is 20.8 Å². The van der Waals surface area contributed by atoms with Crippen LogP contribution in [0.25, 0.3) is 0 Å². The highest BCUT2D eigenvalue weighted by Crippen LogP contribution is 2.32. The minimum atomic E-state index is -2.02. The SMILES string of the molecule is Cc1ccc(C(C)N(NC(=O)C(O)(c2ccc(C)cc2)c2ccc(C)cc2)C(=O)c2ccccc2)cc1. The van der Waals surface area contributed by atoms with Gasteiger partial charge >= 0.3 is 0 Å². The normalized spacial score (nSPS) is 12.0. The van der Waals surface area contributed by atoms with E-state index in [1.807, 2.05) is 82.3 Å². The molecule has 0 aromatic heterocycles. The van der Waals surface area contributed by atoms with Gasteiger partial charge in [0.25, 0.3) is 11.8 Å². The average molecular weight is 493 g/mol. The smallest absolute Gasteiger partial charge is 0.279 e. The molecule has 1 unspecified atom stereocenters. The Morgan fingerprint density at radius 3 is 1.59 bits per heavy atom. The highest BCUT2D eigenvalue weighted by atomic mass is 16.3. The van der Waals surface area contributed by atoms with Crippen molar-refractivity contribution in [2.24, 2.45) is 0 Å². The number of aliphatic hydroxyl groups is 1. The topological polar surface area (TPSA) is 69.6 Å². The summed E-state index contributed by atoms with van der Waals surface area (Å²) in [5.41, 5.74) is 5.97. The molecule has 2 N–H and O–H groups in total. The molecular formula is C32H32N2O3. The van der Waals surface area contributed by atoms with Gasteiger partial charge in [0.1, 0.15) is 0 Å². The predicted molar refractivity (Wildman–Crippen MR) is 146 cm³/mol. The Balaban J connectivity index is 1.78. The van der Waals surface area contributed by atoms with E-state index in [0.29, 0.717) is 16.7 Å². The number of nitrogens with one attached hydrogen (secondary N) is 1. The van der Waals surface area contributed by atoms with Gasteiger partial charge in [-0.05, 0) is 56.5 Å². The van der Waals surface area contributed by atoms with Crippen molar-refractivity contribution in [2.45, 2.75) is 39.3 Å². The van der Waals surface area contributed by atoms with E-state index in [1.165, 1.54) is 5.01 Å². The van der Waals surface area contributed by atoms with Crippen molar-refractivity contribution in [1.82, 2.24) is 10.4 Å². The van der Waals surface area contributed by atoms with Crippen LogP contribution in [0.4, 0.5) is 0 Å². The number of carbonyl (C=O) groups is 2. The summed E-state index contributed by atoms with van der Waals surface area (Å²) in [6, 6.07) is 30.4. The lowest BCUT2D eigenvalue weighted by atomic mass is 9.85. The summed E-state index contributed by atoms with van der Waals surface area (Å²) in [7, 11) is 0. The molecule has 0 spiro atoms. The summed E-state index contributed by atoms with van der Waals surface area (Å²) in [4.78, 5) is 27.7. The maximum atomic E-state index is 14.0. The van der Waals surface area contributed by atoms with Gasteiger partial charge in [0, 0.05) is 5.56 Å². The molecular weight excluding hydrogens is 460 g/mol. The van der Waals surface area contributed by atoms with E-state index in [2.05, 4.69) is 5.43 Å². The van der Waals surface area contributed by atoms with Crippen LogP contribution >= 0.6 is 0 Å². The van der Waals surface area contributed by atoms with Gasteiger partial charge in [-0.1, -0.05) is 108 Å². The van der Waals surface area contributed by atoms with Crippen LogP contribution < -0.4 is 5.43 Å². The van der Waals surface area contributed by atoms with Crippen molar-refractivity contribution in [3.63, 3.8) is 0 Å². The number of nitrogens with zero attached hydrogens (tertiary/aromatic N) is 1. The first-order valence-electron chi connectivity index (χ1n) is 12.3. The average Bonchev–Trinajstić information content (AvgIpc) is 2.92. The largest absolute Gasteiger partial charge is 0.372 e. The number of amides is 2. The molecule has 0 saturated carbocycles. The van der Waals surface area contributed by atoms with Gasteiger partial charge in [-0.25, -0.2) is 5.01 Å². The third-order valence-corrected chi connectivity index (χ3v) is 6.68. The molecule has 5 nitrogen and oxygen atoms in total.